The molecule has 8 heteroatoms. The summed E-state index contributed by atoms with van der Waals surface area (Å²) in [5.74, 6) is 0.436. The quantitative estimate of drug-likeness (QED) is 0.359. The van der Waals surface area contributed by atoms with Gasteiger partial charge in [0.2, 0.25) is 0 Å². The standard InChI is InChI=1S/C30H37ClN2O5/c1-20-7-6-8-25(26(20)31)22-11-9-21(10-12-22)17-18-37-24-15-13-23(14-16-24)32-27(35)30(5,19-34)33-28(36)38-29(2,3)4/h6,8-16,20,34H,7,17-19H2,1-5H3,(H,32,35)(H,33,36)/t20?,30-/m0/s1. The molecule has 0 fully saturated rings. The molecule has 2 aromatic rings. The fourth-order valence-electron chi connectivity index (χ4n) is 3.81. The number of carbonyl (C=O) groups is 2. The Morgan fingerprint density at radius 2 is 1.71 bits per heavy atom. The molecule has 0 saturated carbocycles. The van der Waals surface area contributed by atoms with E-state index in [1.165, 1.54) is 6.92 Å². The van der Waals surface area contributed by atoms with Gasteiger partial charge in [0.15, 0.2) is 0 Å². The lowest BCUT2D eigenvalue weighted by Gasteiger charge is -2.29. The molecule has 3 N–H and O–H groups in total. The van der Waals surface area contributed by atoms with Gasteiger partial charge in [0.1, 0.15) is 16.9 Å². The molecule has 2 aromatic carbocycles. The van der Waals surface area contributed by atoms with Gasteiger partial charge in [-0.25, -0.2) is 4.79 Å². The van der Waals surface area contributed by atoms with Crippen molar-refractivity contribution in [2.24, 2.45) is 5.92 Å². The van der Waals surface area contributed by atoms with E-state index in [1.807, 2.05) is 0 Å². The Morgan fingerprint density at radius 1 is 1.05 bits per heavy atom. The van der Waals surface area contributed by atoms with Crippen molar-refractivity contribution in [2.75, 3.05) is 18.5 Å². The number of nitrogens with one attached hydrogen (secondary N) is 2. The fraction of sp³-hybridized carbons (Fsp3) is 0.400. The predicted molar refractivity (Wildman–Crippen MR) is 151 cm³/mol. The number of allylic oxidation sites excluding steroid dienone is 4. The van der Waals surface area contributed by atoms with Crippen molar-refractivity contribution in [3.05, 3.63) is 76.8 Å². The Bertz CT molecular complexity index is 1180. The van der Waals surface area contributed by atoms with E-state index in [1.54, 1.807) is 45.0 Å². The zero-order valence-electron chi connectivity index (χ0n) is 22.6. The highest BCUT2D eigenvalue weighted by molar-refractivity contribution is 6.33. The monoisotopic (exact) mass is 540 g/mol. The lowest BCUT2D eigenvalue weighted by atomic mass is 9.92. The number of aliphatic hydroxyl groups is 1. The summed E-state index contributed by atoms with van der Waals surface area (Å²) < 4.78 is 11.1. The molecule has 1 unspecified atom stereocenters. The van der Waals surface area contributed by atoms with Crippen LogP contribution in [0.2, 0.25) is 0 Å². The molecule has 2 atom stereocenters. The summed E-state index contributed by atoms with van der Waals surface area (Å²) in [4.78, 5) is 24.9. The van der Waals surface area contributed by atoms with E-state index in [2.05, 4.69) is 54.0 Å². The number of hydrogen-bond donors (Lipinski definition) is 3. The molecule has 0 bridgehead atoms. The topological polar surface area (TPSA) is 96.9 Å². The van der Waals surface area contributed by atoms with E-state index >= 15 is 0 Å². The van der Waals surface area contributed by atoms with E-state index in [9.17, 15) is 14.7 Å². The first-order chi connectivity index (χ1) is 17.9. The molecule has 0 radical (unpaired) electrons. The van der Waals surface area contributed by atoms with Crippen LogP contribution in [0.5, 0.6) is 5.75 Å². The second-order valence-electron chi connectivity index (χ2n) is 10.7. The van der Waals surface area contributed by atoms with E-state index in [-0.39, 0.29) is 0 Å². The molecule has 0 aromatic heterocycles. The summed E-state index contributed by atoms with van der Waals surface area (Å²) in [6, 6.07) is 15.3. The molecule has 2 amide bonds. The highest BCUT2D eigenvalue weighted by atomic mass is 35.5. The Morgan fingerprint density at radius 3 is 2.32 bits per heavy atom. The van der Waals surface area contributed by atoms with E-state index in [4.69, 9.17) is 21.1 Å². The third-order valence-corrected chi connectivity index (χ3v) is 6.67. The molecule has 7 nitrogen and oxygen atoms in total. The third kappa shape index (κ3) is 8.10. The molecular weight excluding hydrogens is 504 g/mol. The van der Waals surface area contributed by atoms with Crippen molar-refractivity contribution >= 4 is 34.9 Å². The van der Waals surface area contributed by atoms with E-state index in [0.29, 0.717) is 24.0 Å². The van der Waals surface area contributed by atoms with Gasteiger partial charge in [-0.2, -0.15) is 0 Å². The fourth-order valence-corrected chi connectivity index (χ4v) is 4.07. The normalized spacial score (nSPS) is 17.0. The number of anilines is 1. The smallest absolute Gasteiger partial charge is 0.408 e. The molecule has 0 heterocycles. The number of halogens is 1. The molecular formula is C30H37ClN2O5. The predicted octanol–water partition coefficient (Wildman–Crippen LogP) is 6.07. The first-order valence-corrected chi connectivity index (χ1v) is 13.1. The molecule has 0 saturated heterocycles. The molecule has 1 aliphatic carbocycles. The maximum Gasteiger partial charge on any atom is 0.408 e. The summed E-state index contributed by atoms with van der Waals surface area (Å²) in [5.41, 5.74) is 1.57. The van der Waals surface area contributed by atoms with Crippen LogP contribution in [0.25, 0.3) is 5.57 Å². The van der Waals surface area contributed by atoms with Crippen molar-refractivity contribution < 1.29 is 24.2 Å². The molecule has 1 aliphatic rings. The van der Waals surface area contributed by atoms with Gasteiger partial charge in [0, 0.05) is 17.1 Å². The lowest BCUT2D eigenvalue weighted by molar-refractivity contribution is -0.123. The van der Waals surface area contributed by atoms with Crippen LogP contribution in [0.3, 0.4) is 0 Å². The van der Waals surface area contributed by atoms with Crippen LogP contribution in [0.4, 0.5) is 10.5 Å². The SMILES string of the molecule is CC1CC=CC(c2ccc(CCOc3ccc(NC(=O)[C@](C)(CO)NC(=O)OC(C)(C)C)cc3)cc2)=C1Cl. The van der Waals surface area contributed by atoms with Crippen molar-refractivity contribution in [3.8, 4) is 5.75 Å². The number of aliphatic hydroxyl groups excluding tert-OH is 1. The molecule has 0 spiro atoms. The van der Waals surface area contributed by atoms with Crippen LogP contribution >= 0.6 is 11.6 Å². The van der Waals surface area contributed by atoms with Gasteiger partial charge < -0.3 is 25.2 Å². The zero-order chi connectivity index (χ0) is 27.9. The first-order valence-electron chi connectivity index (χ1n) is 12.7. The van der Waals surface area contributed by atoms with E-state index in [0.717, 1.165) is 34.6 Å². The summed E-state index contributed by atoms with van der Waals surface area (Å²) in [6.07, 6.45) is 5.18. The number of hydrogen-bond acceptors (Lipinski definition) is 5. The average molecular weight is 541 g/mol. The molecule has 3 rings (SSSR count). The number of benzene rings is 2. The zero-order valence-corrected chi connectivity index (χ0v) is 23.4. The van der Waals surface area contributed by atoms with Gasteiger partial charge in [-0.3, -0.25) is 4.79 Å². The molecule has 204 valence electrons. The van der Waals surface area contributed by atoms with Crippen LogP contribution in [-0.4, -0.2) is 41.5 Å². The van der Waals surface area contributed by atoms with Gasteiger partial charge in [-0.15, -0.1) is 0 Å². The summed E-state index contributed by atoms with van der Waals surface area (Å²) in [6.45, 7) is 8.60. The number of carbonyl (C=O) groups excluding carboxylic acids is 2. The van der Waals surface area contributed by atoms with Gasteiger partial charge in [0.25, 0.3) is 5.91 Å². The Balaban J connectivity index is 1.50. The van der Waals surface area contributed by atoms with Crippen molar-refractivity contribution in [2.45, 2.75) is 58.6 Å². The second kappa shape index (κ2) is 12.5. The van der Waals surface area contributed by atoms with Crippen molar-refractivity contribution in [3.63, 3.8) is 0 Å². The van der Waals surface area contributed by atoms with Gasteiger partial charge in [-0.1, -0.05) is 54.9 Å². The first kappa shape index (κ1) is 29.3. The minimum atomic E-state index is -1.56. The van der Waals surface area contributed by atoms with Crippen molar-refractivity contribution in [1.82, 2.24) is 5.32 Å². The Hall–Kier alpha value is -3.29. The molecule has 38 heavy (non-hydrogen) atoms. The van der Waals surface area contributed by atoms with Gasteiger partial charge in [-0.05, 0) is 81.0 Å². The maximum atomic E-state index is 12.8. The third-order valence-electron chi connectivity index (χ3n) is 6.09. The highest BCUT2D eigenvalue weighted by Crippen LogP contribution is 2.34. The largest absolute Gasteiger partial charge is 0.493 e. The Kier molecular flexibility index (Phi) is 9.63. The highest BCUT2D eigenvalue weighted by Gasteiger charge is 2.36. The minimum Gasteiger partial charge on any atom is -0.493 e. The summed E-state index contributed by atoms with van der Waals surface area (Å²) in [7, 11) is 0. The number of amides is 2. The molecule has 0 aliphatic heterocycles. The van der Waals surface area contributed by atoms with Crippen LogP contribution in [-0.2, 0) is 16.0 Å². The number of ether oxygens (including phenoxy) is 2. The second-order valence-corrected chi connectivity index (χ2v) is 11.1. The Labute approximate surface area is 229 Å². The van der Waals surface area contributed by atoms with Gasteiger partial charge >= 0.3 is 6.09 Å². The summed E-state index contributed by atoms with van der Waals surface area (Å²) >= 11 is 6.52. The van der Waals surface area contributed by atoms with Crippen LogP contribution in [0.1, 0.15) is 52.2 Å². The van der Waals surface area contributed by atoms with Gasteiger partial charge in [0.05, 0.1) is 13.2 Å². The maximum absolute atomic E-state index is 12.8. The summed E-state index contributed by atoms with van der Waals surface area (Å²) in [5, 5.41) is 15.8. The van der Waals surface area contributed by atoms with Crippen LogP contribution in [0.15, 0.2) is 65.7 Å². The van der Waals surface area contributed by atoms with Crippen LogP contribution < -0.4 is 15.4 Å². The lowest BCUT2D eigenvalue weighted by Crippen LogP contribution is -2.58. The number of alkyl carbamates (subject to hydrolysis) is 1. The average Bonchev–Trinajstić information content (AvgIpc) is 2.86. The van der Waals surface area contributed by atoms with E-state index < -0.39 is 29.7 Å². The number of rotatable bonds is 9. The van der Waals surface area contributed by atoms with Crippen LogP contribution in [0, 0.1) is 5.92 Å². The van der Waals surface area contributed by atoms with Crippen molar-refractivity contribution in [1.29, 1.82) is 0 Å². The minimum absolute atomic E-state index is 0.345.